The number of imide groups is 2. The molecule has 0 radical (unpaired) electrons. The van der Waals surface area contributed by atoms with Gasteiger partial charge in [0.15, 0.2) is 0 Å². The molecule has 34 heavy (non-hydrogen) atoms. The van der Waals surface area contributed by atoms with E-state index in [1.165, 1.54) is 12.1 Å². The van der Waals surface area contributed by atoms with Gasteiger partial charge in [-0.3, -0.25) is 19.8 Å². The van der Waals surface area contributed by atoms with Gasteiger partial charge in [-0.05, 0) is 51.3 Å². The van der Waals surface area contributed by atoms with Crippen molar-refractivity contribution in [2.24, 2.45) is 5.92 Å². The molecule has 188 valence electrons. The number of benzene rings is 1. The maximum Gasteiger partial charge on any atom is 0.331 e. The summed E-state index contributed by atoms with van der Waals surface area (Å²) in [5.41, 5.74) is -0.191. The molecule has 1 aromatic rings. The molecule has 12 heteroatoms. The molecule has 0 saturated carbocycles. The molecular formula is C22H28F3N3O5S. The fourth-order valence-electron chi connectivity index (χ4n) is 3.86. The molecule has 2 aliphatic rings. The Balaban J connectivity index is 1.90. The van der Waals surface area contributed by atoms with E-state index < -0.39 is 70.1 Å². The standard InChI is InChI=1S/C22H28F3N3O5S/c1-21(2,3)34(32)27-17(13-5-4-6-14(23)11-13)22(24,25)12-16-18(29)26-20(31)28(19(16)30)15-7-9-33-10-8-15/h4-6,11,15-17,27H,7-10,12H2,1-3H3,(H,26,29,31). The van der Waals surface area contributed by atoms with Crippen LogP contribution in [0.2, 0.25) is 0 Å². The molecule has 2 saturated heterocycles. The first-order chi connectivity index (χ1) is 15.8. The van der Waals surface area contributed by atoms with Gasteiger partial charge in [0.1, 0.15) is 22.5 Å². The zero-order valence-corrected chi connectivity index (χ0v) is 19.9. The second-order valence-corrected chi connectivity index (χ2v) is 11.3. The highest BCUT2D eigenvalue weighted by Crippen LogP contribution is 2.40. The fraction of sp³-hybridized carbons (Fsp3) is 0.591. The lowest BCUT2D eigenvalue weighted by Gasteiger charge is -2.39. The minimum atomic E-state index is -3.81. The fourth-order valence-corrected chi connectivity index (χ4v) is 4.74. The molecule has 2 aliphatic heterocycles. The van der Waals surface area contributed by atoms with Gasteiger partial charge in [-0.15, -0.1) is 4.72 Å². The number of carbonyl (C=O) groups excluding carboxylic acids is 3. The number of nitrogens with zero attached hydrogens (tertiary/aromatic N) is 1. The lowest BCUT2D eigenvalue weighted by molar-refractivity contribution is -0.151. The van der Waals surface area contributed by atoms with Crippen LogP contribution in [0.5, 0.6) is 0 Å². The number of halogens is 3. The number of carbonyl (C=O) groups is 3. The molecule has 2 fully saturated rings. The van der Waals surface area contributed by atoms with Gasteiger partial charge in [-0.25, -0.2) is 18.0 Å². The summed E-state index contributed by atoms with van der Waals surface area (Å²) in [5, 5.41) is 2.00. The number of nitrogens with one attached hydrogen (secondary N) is 2. The summed E-state index contributed by atoms with van der Waals surface area (Å²) in [6, 6.07) is 0.958. The number of amides is 4. The second kappa shape index (κ2) is 10.2. The first kappa shape index (κ1) is 26.5. The second-order valence-electron chi connectivity index (χ2n) is 9.35. The highest BCUT2D eigenvalue weighted by atomic mass is 32.2. The number of urea groups is 1. The van der Waals surface area contributed by atoms with Crippen LogP contribution in [0.4, 0.5) is 18.0 Å². The molecule has 0 spiro atoms. The third-order valence-corrected chi connectivity index (χ3v) is 7.28. The average Bonchev–Trinajstić information content (AvgIpc) is 2.74. The zero-order valence-electron chi connectivity index (χ0n) is 19.1. The van der Waals surface area contributed by atoms with Crippen molar-refractivity contribution in [3.8, 4) is 0 Å². The van der Waals surface area contributed by atoms with Gasteiger partial charge in [-0.2, -0.15) is 0 Å². The van der Waals surface area contributed by atoms with Gasteiger partial charge in [0, 0.05) is 37.0 Å². The van der Waals surface area contributed by atoms with E-state index in [4.69, 9.17) is 4.74 Å². The van der Waals surface area contributed by atoms with E-state index in [9.17, 15) is 23.3 Å². The van der Waals surface area contributed by atoms with Crippen molar-refractivity contribution in [2.45, 2.75) is 62.8 Å². The molecule has 4 amide bonds. The summed E-state index contributed by atoms with van der Waals surface area (Å²) >= 11 is -1.98. The van der Waals surface area contributed by atoms with Crippen molar-refractivity contribution >= 4 is 29.2 Å². The third-order valence-electron chi connectivity index (χ3n) is 5.72. The highest BCUT2D eigenvalue weighted by molar-refractivity contribution is 7.90. The van der Waals surface area contributed by atoms with E-state index in [0.717, 1.165) is 17.0 Å². The number of rotatable bonds is 7. The van der Waals surface area contributed by atoms with Gasteiger partial charge in [0.05, 0.1) is 0 Å². The van der Waals surface area contributed by atoms with Crippen molar-refractivity contribution < 1.29 is 36.8 Å². The van der Waals surface area contributed by atoms with E-state index in [0.29, 0.717) is 26.1 Å². The van der Waals surface area contributed by atoms with E-state index >= 15 is 8.78 Å². The van der Waals surface area contributed by atoms with Gasteiger partial charge in [0.25, 0.3) is 5.92 Å². The van der Waals surface area contributed by atoms with Crippen LogP contribution in [0.25, 0.3) is 0 Å². The smallest absolute Gasteiger partial charge is 0.331 e. The summed E-state index contributed by atoms with van der Waals surface area (Å²) in [7, 11) is 0. The molecule has 3 unspecified atom stereocenters. The molecule has 8 nitrogen and oxygen atoms in total. The minimum Gasteiger partial charge on any atom is -0.598 e. The first-order valence-corrected chi connectivity index (χ1v) is 12.0. The molecule has 0 aromatic heterocycles. The van der Waals surface area contributed by atoms with Crippen LogP contribution < -0.4 is 10.0 Å². The van der Waals surface area contributed by atoms with Crippen molar-refractivity contribution in [2.75, 3.05) is 13.2 Å². The number of alkyl halides is 2. The Bertz CT molecular complexity index is 937. The Morgan fingerprint density at radius 1 is 1.24 bits per heavy atom. The molecule has 0 bridgehead atoms. The zero-order chi connectivity index (χ0) is 25.3. The summed E-state index contributed by atoms with van der Waals surface area (Å²) < 4.78 is 64.5. The van der Waals surface area contributed by atoms with Crippen LogP contribution in [0.15, 0.2) is 24.3 Å². The molecule has 3 rings (SSSR count). The van der Waals surface area contributed by atoms with E-state index in [-0.39, 0.29) is 5.56 Å². The van der Waals surface area contributed by atoms with Gasteiger partial charge in [-0.1, -0.05) is 12.1 Å². The van der Waals surface area contributed by atoms with Crippen LogP contribution in [0.3, 0.4) is 0 Å². The Labute approximate surface area is 198 Å². The Hall–Kier alpha value is -2.15. The van der Waals surface area contributed by atoms with Gasteiger partial charge >= 0.3 is 6.03 Å². The number of hydrogen-bond donors (Lipinski definition) is 2. The normalized spacial score (nSPS) is 22.5. The van der Waals surface area contributed by atoms with Crippen molar-refractivity contribution in [3.05, 3.63) is 35.6 Å². The monoisotopic (exact) mass is 503 g/mol. The lowest BCUT2D eigenvalue weighted by atomic mass is 9.89. The number of ether oxygens (including phenoxy) is 1. The van der Waals surface area contributed by atoms with Crippen LogP contribution in [-0.2, 0) is 25.7 Å². The predicted octanol–water partition coefficient (Wildman–Crippen LogP) is 2.82. The van der Waals surface area contributed by atoms with E-state index in [1.807, 2.05) is 5.32 Å². The molecular weight excluding hydrogens is 475 g/mol. The minimum absolute atomic E-state index is 0.191. The van der Waals surface area contributed by atoms with Crippen molar-refractivity contribution in [1.29, 1.82) is 0 Å². The Morgan fingerprint density at radius 2 is 1.88 bits per heavy atom. The van der Waals surface area contributed by atoms with Crippen LogP contribution in [0.1, 0.15) is 51.6 Å². The van der Waals surface area contributed by atoms with Gasteiger partial charge in [0.2, 0.25) is 11.8 Å². The van der Waals surface area contributed by atoms with E-state index in [1.54, 1.807) is 20.8 Å². The van der Waals surface area contributed by atoms with E-state index in [2.05, 4.69) is 4.72 Å². The molecule has 2 N–H and O–H groups in total. The molecule has 1 aromatic carbocycles. The van der Waals surface area contributed by atoms with Crippen LogP contribution in [0, 0.1) is 11.7 Å². The largest absolute Gasteiger partial charge is 0.598 e. The Morgan fingerprint density at radius 3 is 2.47 bits per heavy atom. The summed E-state index contributed by atoms with van der Waals surface area (Å²) in [6.07, 6.45) is -0.608. The van der Waals surface area contributed by atoms with Crippen molar-refractivity contribution in [3.63, 3.8) is 0 Å². The quantitative estimate of drug-likeness (QED) is 0.437. The molecule has 0 aliphatic carbocycles. The average molecular weight is 504 g/mol. The lowest BCUT2D eigenvalue weighted by Crippen LogP contribution is -2.62. The maximum atomic E-state index is 15.7. The first-order valence-electron chi connectivity index (χ1n) is 10.9. The van der Waals surface area contributed by atoms with Crippen LogP contribution in [-0.4, -0.2) is 57.2 Å². The predicted molar refractivity (Wildman–Crippen MR) is 117 cm³/mol. The topological polar surface area (TPSA) is 111 Å². The molecule has 3 atom stereocenters. The number of hydrogen-bond acceptors (Lipinski definition) is 6. The highest BCUT2D eigenvalue weighted by Gasteiger charge is 2.52. The number of barbiturate groups is 1. The van der Waals surface area contributed by atoms with Crippen molar-refractivity contribution in [1.82, 2.24) is 14.9 Å². The summed E-state index contributed by atoms with van der Waals surface area (Å²) in [6.45, 7) is 5.31. The third kappa shape index (κ3) is 5.91. The van der Waals surface area contributed by atoms with Crippen LogP contribution >= 0.6 is 0 Å². The maximum absolute atomic E-state index is 15.7. The summed E-state index contributed by atoms with van der Waals surface area (Å²) in [4.78, 5) is 38.6. The summed E-state index contributed by atoms with van der Waals surface area (Å²) in [5.74, 6) is -8.59. The SMILES string of the molecule is CC(C)(C)[S+]([O-])NC(c1cccc(F)c1)C(F)(F)CC1C(=O)NC(=O)N(C2CCOCC2)C1=O. The van der Waals surface area contributed by atoms with Gasteiger partial charge < -0.3 is 9.29 Å². The molecule has 2 heterocycles. The Kier molecular flexibility index (Phi) is 7.96.